The summed E-state index contributed by atoms with van der Waals surface area (Å²) in [6.07, 6.45) is 3.55. The molecule has 0 aliphatic carbocycles. The van der Waals surface area contributed by atoms with Gasteiger partial charge in [-0.25, -0.2) is 0 Å². The van der Waals surface area contributed by atoms with E-state index in [-0.39, 0.29) is 18.5 Å². The molecule has 1 aromatic carbocycles. The molecule has 2 rings (SSSR count). The minimum Gasteiger partial charge on any atom is -0.441 e. The zero-order valence-corrected chi connectivity index (χ0v) is 11.1. The first-order valence-electron chi connectivity index (χ1n) is 6.53. The lowest BCUT2D eigenvalue weighted by Gasteiger charge is -2.26. The lowest BCUT2D eigenvalue weighted by Crippen LogP contribution is -2.40. The van der Waals surface area contributed by atoms with Gasteiger partial charge in [0.15, 0.2) is 6.23 Å². The molecule has 5 nitrogen and oxygen atoms in total. The SMILES string of the molecule is O=C1CCC(N(C/C=C\CO)C(=O)c2ccccc2)O1. The number of cyclic esters (lactones) is 1. The molecule has 1 aliphatic heterocycles. The number of ether oxygens (including phenoxy) is 1. The highest BCUT2D eigenvalue weighted by Crippen LogP contribution is 2.20. The van der Waals surface area contributed by atoms with Crippen molar-refractivity contribution in [3.63, 3.8) is 0 Å². The highest BCUT2D eigenvalue weighted by molar-refractivity contribution is 5.94. The smallest absolute Gasteiger partial charge is 0.307 e. The van der Waals surface area contributed by atoms with Crippen molar-refractivity contribution >= 4 is 11.9 Å². The van der Waals surface area contributed by atoms with Crippen LogP contribution in [0.25, 0.3) is 0 Å². The Morgan fingerprint density at radius 2 is 2.10 bits per heavy atom. The first-order valence-corrected chi connectivity index (χ1v) is 6.53. The summed E-state index contributed by atoms with van der Waals surface area (Å²) in [5, 5.41) is 8.77. The van der Waals surface area contributed by atoms with Crippen LogP contribution in [0.4, 0.5) is 0 Å². The lowest BCUT2D eigenvalue weighted by atomic mass is 10.2. The summed E-state index contributed by atoms with van der Waals surface area (Å²) in [4.78, 5) is 25.2. The van der Waals surface area contributed by atoms with E-state index < -0.39 is 6.23 Å². The molecule has 0 saturated carbocycles. The third-order valence-electron chi connectivity index (χ3n) is 3.07. The van der Waals surface area contributed by atoms with E-state index in [0.29, 0.717) is 24.9 Å². The molecular weight excluding hydrogens is 258 g/mol. The summed E-state index contributed by atoms with van der Waals surface area (Å²) in [7, 11) is 0. The van der Waals surface area contributed by atoms with Gasteiger partial charge in [0.05, 0.1) is 13.0 Å². The fraction of sp³-hybridized carbons (Fsp3) is 0.333. The monoisotopic (exact) mass is 275 g/mol. The van der Waals surface area contributed by atoms with Crippen LogP contribution in [0.3, 0.4) is 0 Å². The zero-order valence-electron chi connectivity index (χ0n) is 11.1. The molecule has 1 aliphatic rings. The number of amides is 1. The maximum atomic E-state index is 12.5. The van der Waals surface area contributed by atoms with Crippen molar-refractivity contribution in [3.05, 3.63) is 48.0 Å². The van der Waals surface area contributed by atoms with E-state index in [1.54, 1.807) is 36.4 Å². The molecule has 1 N–H and O–H groups in total. The molecule has 1 atom stereocenters. The van der Waals surface area contributed by atoms with Crippen LogP contribution in [0.5, 0.6) is 0 Å². The highest BCUT2D eigenvalue weighted by Gasteiger charge is 2.31. The Balaban J connectivity index is 2.15. The normalized spacial score (nSPS) is 18.2. The van der Waals surface area contributed by atoms with Crippen LogP contribution in [-0.4, -0.2) is 41.3 Å². The van der Waals surface area contributed by atoms with Crippen molar-refractivity contribution in [1.82, 2.24) is 4.90 Å². The predicted molar refractivity (Wildman–Crippen MR) is 72.8 cm³/mol. The Morgan fingerprint density at radius 1 is 1.35 bits per heavy atom. The second-order valence-corrected chi connectivity index (χ2v) is 4.46. The van der Waals surface area contributed by atoms with Crippen molar-refractivity contribution in [2.45, 2.75) is 19.1 Å². The number of esters is 1. The molecule has 106 valence electrons. The molecule has 0 aromatic heterocycles. The van der Waals surface area contributed by atoms with E-state index in [4.69, 9.17) is 9.84 Å². The van der Waals surface area contributed by atoms with Crippen LogP contribution in [0.2, 0.25) is 0 Å². The van der Waals surface area contributed by atoms with Gasteiger partial charge in [0.25, 0.3) is 5.91 Å². The van der Waals surface area contributed by atoms with Gasteiger partial charge >= 0.3 is 5.97 Å². The Hall–Kier alpha value is -2.14. The Bertz CT molecular complexity index is 498. The van der Waals surface area contributed by atoms with Gasteiger partial charge in [-0.2, -0.15) is 0 Å². The summed E-state index contributed by atoms with van der Waals surface area (Å²) in [5.74, 6) is -0.472. The number of carbonyl (C=O) groups is 2. The van der Waals surface area contributed by atoms with Gasteiger partial charge in [0.2, 0.25) is 0 Å². The van der Waals surface area contributed by atoms with Gasteiger partial charge in [0, 0.05) is 18.5 Å². The van der Waals surface area contributed by atoms with Crippen LogP contribution in [0.1, 0.15) is 23.2 Å². The standard InChI is InChI=1S/C15H17NO4/c17-11-5-4-10-16(13-8-9-14(18)20-13)15(19)12-6-2-1-3-7-12/h1-7,13,17H,8-11H2/b5-4-. The second kappa shape index (κ2) is 6.86. The van der Waals surface area contributed by atoms with Crippen LogP contribution >= 0.6 is 0 Å². The summed E-state index contributed by atoms with van der Waals surface area (Å²) < 4.78 is 5.17. The van der Waals surface area contributed by atoms with Crippen LogP contribution in [-0.2, 0) is 9.53 Å². The summed E-state index contributed by atoms with van der Waals surface area (Å²) in [6, 6.07) is 8.86. The van der Waals surface area contributed by atoms with Gasteiger partial charge in [0.1, 0.15) is 0 Å². The molecule has 0 bridgehead atoms. The molecule has 20 heavy (non-hydrogen) atoms. The minimum atomic E-state index is -0.529. The first-order chi connectivity index (χ1) is 9.72. The van der Waals surface area contributed by atoms with Gasteiger partial charge in [-0.05, 0) is 12.1 Å². The van der Waals surface area contributed by atoms with E-state index in [9.17, 15) is 9.59 Å². The topological polar surface area (TPSA) is 66.8 Å². The maximum absolute atomic E-state index is 12.5. The van der Waals surface area contributed by atoms with Crippen molar-refractivity contribution in [2.24, 2.45) is 0 Å². The fourth-order valence-electron chi connectivity index (χ4n) is 2.07. The number of aliphatic hydroxyl groups excluding tert-OH is 1. The number of nitrogens with zero attached hydrogens (tertiary/aromatic N) is 1. The average Bonchev–Trinajstić information content (AvgIpc) is 2.90. The highest BCUT2D eigenvalue weighted by atomic mass is 16.6. The van der Waals surface area contributed by atoms with Crippen LogP contribution in [0.15, 0.2) is 42.5 Å². The Morgan fingerprint density at radius 3 is 2.70 bits per heavy atom. The van der Waals surface area contributed by atoms with Gasteiger partial charge in [-0.15, -0.1) is 0 Å². The summed E-state index contributed by atoms with van der Waals surface area (Å²) in [6.45, 7) is 0.212. The van der Waals surface area contributed by atoms with Gasteiger partial charge < -0.3 is 9.84 Å². The predicted octanol–water partition coefficient (Wildman–Crippen LogP) is 1.34. The molecule has 1 saturated heterocycles. The van der Waals surface area contributed by atoms with E-state index >= 15 is 0 Å². The Kier molecular flexibility index (Phi) is 4.90. The van der Waals surface area contributed by atoms with Crippen molar-refractivity contribution in [2.75, 3.05) is 13.2 Å². The minimum absolute atomic E-state index is 0.0855. The van der Waals surface area contributed by atoms with E-state index in [0.717, 1.165) is 0 Å². The van der Waals surface area contributed by atoms with Crippen molar-refractivity contribution in [1.29, 1.82) is 0 Å². The van der Waals surface area contributed by atoms with E-state index in [1.165, 1.54) is 4.90 Å². The number of benzene rings is 1. The molecule has 0 radical (unpaired) electrons. The number of hydrogen-bond donors (Lipinski definition) is 1. The zero-order chi connectivity index (χ0) is 14.4. The molecule has 0 spiro atoms. The average molecular weight is 275 g/mol. The number of hydrogen-bond acceptors (Lipinski definition) is 4. The van der Waals surface area contributed by atoms with Crippen LogP contribution in [0, 0.1) is 0 Å². The van der Waals surface area contributed by atoms with E-state index in [2.05, 4.69) is 0 Å². The number of aliphatic hydroxyl groups is 1. The molecule has 5 heteroatoms. The fourth-order valence-corrected chi connectivity index (χ4v) is 2.07. The molecule has 1 heterocycles. The van der Waals surface area contributed by atoms with Gasteiger partial charge in [-0.1, -0.05) is 30.4 Å². The van der Waals surface area contributed by atoms with Crippen molar-refractivity contribution < 1.29 is 19.4 Å². The van der Waals surface area contributed by atoms with Crippen molar-refractivity contribution in [3.8, 4) is 0 Å². The van der Waals surface area contributed by atoms with Gasteiger partial charge in [-0.3, -0.25) is 14.5 Å². The molecule has 1 amide bonds. The quantitative estimate of drug-likeness (QED) is 0.650. The molecule has 1 fully saturated rings. The largest absolute Gasteiger partial charge is 0.441 e. The lowest BCUT2D eigenvalue weighted by molar-refractivity contribution is -0.146. The third-order valence-corrected chi connectivity index (χ3v) is 3.07. The third kappa shape index (κ3) is 3.45. The summed E-state index contributed by atoms with van der Waals surface area (Å²) >= 11 is 0. The maximum Gasteiger partial charge on any atom is 0.307 e. The second-order valence-electron chi connectivity index (χ2n) is 4.46. The van der Waals surface area contributed by atoms with Crippen LogP contribution < -0.4 is 0 Å². The molecule has 1 aromatic rings. The first kappa shape index (κ1) is 14.3. The Labute approximate surface area is 117 Å². The molecule has 1 unspecified atom stereocenters. The van der Waals surface area contributed by atoms with E-state index in [1.807, 2.05) is 6.07 Å². The molecular formula is C15H17NO4. The number of carbonyl (C=O) groups excluding carboxylic acids is 2. The summed E-state index contributed by atoms with van der Waals surface area (Å²) in [5.41, 5.74) is 0.549. The number of rotatable bonds is 5.